The van der Waals surface area contributed by atoms with Crippen LogP contribution in [-0.4, -0.2) is 16.7 Å². The highest BCUT2D eigenvalue weighted by Crippen LogP contribution is 2.35. The van der Waals surface area contributed by atoms with Crippen molar-refractivity contribution in [2.45, 2.75) is 58.5 Å². The van der Waals surface area contributed by atoms with Crippen molar-refractivity contribution in [2.24, 2.45) is 4.40 Å². The van der Waals surface area contributed by atoms with E-state index in [0.717, 1.165) is 24.3 Å². The molecular formula is C16H23NO2S. The molecule has 110 valence electrons. The molecular weight excluding hydrogens is 270 g/mol. The standard InChI is InChI=1S/C16H23NO2S/c1-11(17-20-16(3,4)5)6-7-13-8-9-14-15(10-13)19-12(2)18-14/h8-10,12H,6-7H2,1-5H3/b17-11+. The average molecular weight is 293 g/mol. The first kappa shape index (κ1) is 15.2. The van der Waals surface area contributed by atoms with Gasteiger partial charge < -0.3 is 9.47 Å². The van der Waals surface area contributed by atoms with Gasteiger partial charge in [-0.05, 0) is 70.2 Å². The molecule has 1 aromatic rings. The van der Waals surface area contributed by atoms with E-state index in [1.54, 1.807) is 11.9 Å². The molecule has 0 bridgehead atoms. The van der Waals surface area contributed by atoms with Crippen LogP contribution < -0.4 is 9.47 Å². The van der Waals surface area contributed by atoms with Crippen LogP contribution in [0.3, 0.4) is 0 Å². The molecule has 20 heavy (non-hydrogen) atoms. The zero-order valence-corrected chi connectivity index (χ0v) is 13.7. The first-order valence-electron chi connectivity index (χ1n) is 7.01. The minimum atomic E-state index is -0.174. The summed E-state index contributed by atoms with van der Waals surface area (Å²) in [4.78, 5) is 0. The predicted octanol–water partition coefficient (Wildman–Crippen LogP) is 4.64. The van der Waals surface area contributed by atoms with E-state index in [2.05, 4.69) is 44.2 Å². The fourth-order valence-corrected chi connectivity index (χ4v) is 2.39. The van der Waals surface area contributed by atoms with Gasteiger partial charge in [-0.2, -0.15) is 0 Å². The second-order valence-corrected chi connectivity index (χ2v) is 7.70. The van der Waals surface area contributed by atoms with Crippen LogP contribution in [0.15, 0.2) is 22.6 Å². The Morgan fingerprint density at radius 1 is 1.25 bits per heavy atom. The minimum Gasteiger partial charge on any atom is -0.451 e. The van der Waals surface area contributed by atoms with Gasteiger partial charge in [0.1, 0.15) is 0 Å². The first-order valence-corrected chi connectivity index (χ1v) is 7.79. The van der Waals surface area contributed by atoms with Crippen LogP contribution in [-0.2, 0) is 6.42 Å². The van der Waals surface area contributed by atoms with Gasteiger partial charge in [-0.25, -0.2) is 4.40 Å². The van der Waals surface area contributed by atoms with Gasteiger partial charge in [0.2, 0.25) is 6.29 Å². The Kier molecular flexibility index (Phi) is 4.63. The van der Waals surface area contributed by atoms with Crippen molar-refractivity contribution in [3.63, 3.8) is 0 Å². The Bertz CT molecular complexity index is 506. The summed E-state index contributed by atoms with van der Waals surface area (Å²) >= 11 is 1.64. The maximum Gasteiger partial charge on any atom is 0.238 e. The summed E-state index contributed by atoms with van der Waals surface area (Å²) in [5.74, 6) is 1.70. The third-order valence-electron chi connectivity index (χ3n) is 2.84. The maximum atomic E-state index is 5.59. The summed E-state index contributed by atoms with van der Waals surface area (Å²) in [5, 5.41) is 0. The molecule has 1 unspecified atom stereocenters. The van der Waals surface area contributed by atoms with Crippen molar-refractivity contribution in [2.75, 3.05) is 0 Å². The highest BCUT2D eigenvalue weighted by molar-refractivity contribution is 7.99. The fraction of sp³-hybridized carbons (Fsp3) is 0.562. The van der Waals surface area contributed by atoms with E-state index < -0.39 is 0 Å². The van der Waals surface area contributed by atoms with Gasteiger partial charge in [0.15, 0.2) is 11.5 Å². The van der Waals surface area contributed by atoms with Crippen molar-refractivity contribution in [3.8, 4) is 11.5 Å². The van der Waals surface area contributed by atoms with E-state index in [4.69, 9.17) is 9.47 Å². The molecule has 1 aliphatic rings. The molecule has 0 amide bonds. The Morgan fingerprint density at radius 2 is 1.95 bits per heavy atom. The molecule has 1 aromatic carbocycles. The molecule has 0 saturated heterocycles. The molecule has 0 fully saturated rings. The molecule has 0 spiro atoms. The molecule has 0 radical (unpaired) electrons. The number of benzene rings is 1. The lowest BCUT2D eigenvalue weighted by Crippen LogP contribution is -2.11. The zero-order valence-electron chi connectivity index (χ0n) is 12.9. The Morgan fingerprint density at radius 3 is 2.65 bits per heavy atom. The lowest BCUT2D eigenvalue weighted by atomic mass is 10.1. The Labute approximate surface area is 125 Å². The van der Waals surface area contributed by atoms with Gasteiger partial charge in [0.25, 0.3) is 0 Å². The van der Waals surface area contributed by atoms with Gasteiger partial charge in [0.05, 0.1) is 0 Å². The highest BCUT2D eigenvalue weighted by Gasteiger charge is 2.19. The van der Waals surface area contributed by atoms with Crippen LogP contribution in [0.5, 0.6) is 11.5 Å². The number of ether oxygens (including phenoxy) is 2. The topological polar surface area (TPSA) is 30.8 Å². The van der Waals surface area contributed by atoms with E-state index in [1.165, 1.54) is 11.3 Å². The van der Waals surface area contributed by atoms with Gasteiger partial charge in [-0.1, -0.05) is 6.07 Å². The molecule has 1 heterocycles. The third kappa shape index (κ3) is 4.44. The quantitative estimate of drug-likeness (QED) is 0.598. The van der Waals surface area contributed by atoms with Gasteiger partial charge >= 0.3 is 0 Å². The molecule has 2 rings (SSSR count). The third-order valence-corrected chi connectivity index (χ3v) is 3.80. The van der Waals surface area contributed by atoms with Crippen molar-refractivity contribution in [1.29, 1.82) is 0 Å². The number of fused-ring (bicyclic) bond motifs is 1. The Balaban J connectivity index is 1.90. The number of hydrogen-bond acceptors (Lipinski definition) is 4. The molecule has 3 nitrogen and oxygen atoms in total. The summed E-state index contributed by atoms with van der Waals surface area (Å²) in [6.45, 7) is 10.5. The predicted molar refractivity (Wildman–Crippen MR) is 85.9 cm³/mol. The van der Waals surface area contributed by atoms with E-state index in [-0.39, 0.29) is 11.0 Å². The van der Waals surface area contributed by atoms with Crippen LogP contribution in [0.4, 0.5) is 0 Å². The van der Waals surface area contributed by atoms with Crippen molar-refractivity contribution in [1.82, 2.24) is 0 Å². The second-order valence-electron chi connectivity index (χ2n) is 6.11. The summed E-state index contributed by atoms with van der Waals surface area (Å²) in [6, 6.07) is 6.16. The Hall–Kier alpha value is -1.16. The van der Waals surface area contributed by atoms with Crippen LogP contribution >= 0.6 is 11.9 Å². The molecule has 1 atom stereocenters. The summed E-state index contributed by atoms with van der Waals surface area (Å²) in [7, 11) is 0. The van der Waals surface area contributed by atoms with Gasteiger partial charge in [0, 0.05) is 17.4 Å². The molecule has 0 aromatic heterocycles. The smallest absolute Gasteiger partial charge is 0.238 e. The minimum absolute atomic E-state index is 0.174. The van der Waals surface area contributed by atoms with Crippen LogP contribution in [0.1, 0.15) is 46.6 Å². The SMILES string of the molecule is C/C(CCc1ccc2c(c1)OC(C)O2)=N\SC(C)(C)C. The molecule has 0 N–H and O–H groups in total. The van der Waals surface area contributed by atoms with Crippen molar-refractivity contribution >= 4 is 17.7 Å². The molecule has 4 heteroatoms. The van der Waals surface area contributed by atoms with E-state index in [1.807, 2.05) is 13.0 Å². The van der Waals surface area contributed by atoms with Crippen LogP contribution in [0.25, 0.3) is 0 Å². The lowest BCUT2D eigenvalue weighted by molar-refractivity contribution is 0.0678. The fourth-order valence-electron chi connectivity index (χ4n) is 1.86. The van der Waals surface area contributed by atoms with Crippen molar-refractivity contribution in [3.05, 3.63) is 23.8 Å². The van der Waals surface area contributed by atoms with Gasteiger partial charge in [-0.15, -0.1) is 0 Å². The molecule has 0 saturated carbocycles. The lowest BCUT2D eigenvalue weighted by Gasteiger charge is -2.13. The van der Waals surface area contributed by atoms with Crippen molar-refractivity contribution < 1.29 is 9.47 Å². The molecule has 1 aliphatic heterocycles. The van der Waals surface area contributed by atoms with E-state index >= 15 is 0 Å². The number of aryl methyl sites for hydroxylation is 1. The number of rotatable bonds is 4. The van der Waals surface area contributed by atoms with Crippen LogP contribution in [0.2, 0.25) is 0 Å². The normalized spacial score (nSPS) is 18.4. The van der Waals surface area contributed by atoms with Gasteiger partial charge in [-0.3, -0.25) is 0 Å². The maximum absolute atomic E-state index is 5.59. The summed E-state index contributed by atoms with van der Waals surface area (Å²) in [5.41, 5.74) is 2.44. The highest BCUT2D eigenvalue weighted by atomic mass is 32.2. The summed E-state index contributed by atoms with van der Waals surface area (Å²) < 4.78 is 15.9. The average Bonchev–Trinajstić information content (AvgIpc) is 2.72. The number of nitrogens with zero attached hydrogens (tertiary/aromatic N) is 1. The number of hydrogen-bond donors (Lipinski definition) is 0. The van der Waals surface area contributed by atoms with E-state index in [0.29, 0.717) is 0 Å². The monoisotopic (exact) mass is 293 g/mol. The first-order chi connectivity index (χ1) is 9.33. The van der Waals surface area contributed by atoms with Crippen LogP contribution in [0, 0.1) is 0 Å². The second kappa shape index (κ2) is 6.08. The molecule has 0 aliphatic carbocycles. The summed E-state index contributed by atoms with van der Waals surface area (Å²) in [6.07, 6.45) is 1.77. The van der Waals surface area contributed by atoms with E-state index in [9.17, 15) is 0 Å². The zero-order chi connectivity index (χ0) is 14.8. The largest absolute Gasteiger partial charge is 0.451 e.